The summed E-state index contributed by atoms with van der Waals surface area (Å²) in [7, 11) is 0. The predicted octanol–water partition coefficient (Wildman–Crippen LogP) is 3.96. The number of carboxylic acid groups (broad SMARTS) is 1. The summed E-state index contributed by atoms with van der Waals surface area (Å²) in [5, 5.41) is 21.1. The molecule has 3 N–H and O–H groups in total. The lowest BCUT2D eigenvalue weighted by Crippen LogP contribution is -2.43. The van der Waals surface area contributed by atoms with E-state index in [2.05, 4.69) is 21.2 Å². The number of phenols is 1. The molecule has 0 saturated carbocycles. The Balaban J connectivity index is 2.19. The van der Waals surface area contributed by atoms with E-state index in [0.717, 1.165) is 0 Å². The number of ether oxygens (including phenoxy) is 2. The first-order valence-electron chi connectivity index (χ1n) is 9.41. The summed E-state index contributed by atoms with van der Waals surface area (Å²) in [6, 6.07) is 11.3. The molecule has 2 aromatic rings. The molecule has 1 unspecified atom stereocenters. The molecule has 0 aromatic heterocycles. The topological polar surface area (TPSA) is 122 Å². The molecule has 0 saturated heterocycles. The monoisotopic (exact) mass is 493 g/mol. The average molecular weight is 494 g/mol. The molecule has 0 aliphatic heterocycles. The number of halogens is 1. The van der Waals surface area contributed by atoms with E-state index >= 15 is 0 Å². The summed E-state index contributed by atoms with van der Waals surface area (Å²) in [4.78, 5) is 36.8. The maximum Gasteiger partial charge on any atom is 0.409 e. The maximum absolute atomic E-state index is 12.7. The number of carbonyl (C=O) groups is 3. The smallest absolute Gasteiger partial charge is 0.409 e. The predicted molar refractivity (Wildman–Crippen MR) is 116 cm³/mol. The highest BCUT2D eigenvalue weighted by Gasteiger charge is 2.32. The van der Waals surface area contributed by atoms with Crippen LogP contribution in [0.3, 0.4) is 0 Å². The van der Waals surface area contributed by atoms with E-state index in [4.69, 9.17) is 9.47 Å². The molecule has 0 aliphatic rings. The van der Waals surface area contributed by atoms with Crippen LogP contribution in [0, 0.1) is 0 Å². The number of benzene rings is 2. The van der Waals surface area contributed by atoms with Gasteiger partial charge in [0.15, 0.2) is 0 Å². The van der Waals surface area contributed by atoms with Gasteiger partial charge in [-0.1, -0.05) is 46.3 Å². The van der Waals surface area contributed by atoms with Crippen LogP contribution in [0.15, 0.2) is 53.0 Å². The van der Waals surface area contributed by atoms with Gasteiger partial charge in [-0.2, -0.15) is 0 Å². The number of aliphatic carboxylic acids is 1. The van der Waals surface area contributed by atoms with Crippen molar-refractivity contribution in [3.63, 3.8) is 0 Å². The summed E-state index contributed by atoms with van der Waals surface area (Å²) in [6.07, 6.45) is -2.53. The molecule has 31 heavy (non-hydrogen) atoms. The van der Waals surface area contributed by atoms with Crippen molar-refractivity contribution >= 4 is 34.0 Å². The van der Waals surface area contributed by atoms with E-state index in [0.29, 0.717) is 15.6 Å². The molecule has 2 aromatic carbocycles. The number of hydrogen-bond donors (Lipinski definition) is 3. The summed E-state index contributed by atoms with van der Waals surface area (Å²) in [6.45, 7) is 5.04. The van der Waals surface area contributed by atoms with E-state index in [1.54, 1.807) is 57.2 Å². The molecule has 2 atom stereocenters. The largest absolute Gasteiger partial charge is 0.508 e. The second-order valence-electron chi connectivity index (χ2n) is 7.75. The van der Waals surface area contributed by atoms with E-state index in [9.17, 15) is 24.6 Å². The molecule has 2 rings (SSSR count). The molecular formula is C22H24BrNO7. The van der Waals surface area contributed by atoms with E-state index in [-0.39, 0.29) is 12.2 Å². The number of hydrogen-bond acceptors (Lipinski definition) is 6. The van der Waals surface area contributed by atoms with E-state index in [1.807, 2.05) is 0 Å². The second kappa shape index (κ2) is 10.3. The Morgan fingerprint density at radius 2 is 1.68 bits per heavy atom. The maximum atomic E-state index is 12.7. The summed E-state index contributed by atoms with van der Waals surface area (Å²) in [5.41, 5.74) is 0.121. The molecule has 0 fully saturated rings. The van der Waals surface area contributed by atoms with Gasteiger partial charge in [-0.15, -0.1) is 0 Å². The molecular weight excluding hydrogens is 470 g/mol. The van der Waals surface area contributed by atoms with Gasteiger partial charge in [0.05, 0.1) is 0 Å². The number of carbonyl (C=O) groups excluding carboxylic acids is 2. The minimum Gasteiger partial charge on any atom is -0.508 e. The van der Waals surface area contributed by atoms with Gasteiger partial charge >= 0.3 is 18.0 Å². The van der Waals surface area contributed by atoms with Crippen LogP contribution in [0.4, 0.5) is 4.79 Å². The molecule has 0 spiro atoms. The number of aromatic hydroxyl groups is 1. The van der Waals surface area contributed by atoms with Crippen LogP contribution < -0.4 is 5.32 Å². The zero-order valence-corrected chi connectivity index (χ0v) is 18.9. The molecule has 0 heterocycles. The van der Waals surface area contributed by atoms with Crippen LogP contribution in [0.25, 0.3) is 0 Å². The first-order valence-corrected chi connectivity index (χ1v) is 10.2. The summed E-state index contributed by atoms with van der Waals surface area (Å²) >= 11 is 3.32. The first kappa shape index (κ1) is 24.2. The Kier molecular flexibility index (Phi) is 8.04. The standard InChI is InChI=1S/C22H24BrNO7/c1-22(2,3)31-20(28)18(15-6-4-5-7-16(15)23)30-21(29)24-17(19(26)27)12-13-8-10-14(25)11-9-13/h4-11,17-18,25H,12H2,1-3H3,(H,24,29)(H,26,27)/t17-,18?/m0/s1. The highest BCUT2D eigenvalue weighted by atomic mass is 79.9. The lowest BCUT2D eigenvalue weighted by molar-refractivity contribution is -0.165. The third-order valence-electron chi connectivity index (χ3n) is 4.00. The fraction of sp³-hybridized carbons (Fsp3) is 0.318. The van der Waals surface area contributed by atoms with Gasteiger partial charge < -0.3 is 25.0 Å². The first-order chi connectivity index (χ1) is 14.5. The van der Waals surface area contributed by atoms with Crippen molar-refractivity contribution < 1.29 is 34.1 Å². The number of esters is 1. The number of amides is 1. The van der Waals surface area contributed by atoms with Crippen LogP contribution in [0.2, 0.25) is 0 Å². The Hall–Kier alpha value is -3.07. The van der Waals surface area contributed by atoms with Crippen molar-refractivity contribution in [2.24, 2.45) is 0 Å². The third-order valence-corrected chi connectivity index (χ3v) is 4.72. The minimum atomic E-state index is -1.40. The lowest BCUT2D eigenvalue weighted by atomic mass is 10.1. The lowest BCUT2D eigenvalue weighted by Gasteiger charge is -2.25. The number of rotatable bonds is 7. The summed E-state index contributed by atoms with van der Waals surface area (Å²) < 4.78 is 11.2. The second-order valence-corrected chi connectivity index (χ2v) is 8.60. The van der Waals surface area contributed by atoms with Crippen LogP contribution in [-0.4, -0.2) is 39.9 Å². The molecule has 166 valence electrons. The number of phenolic OH excluding ortho intramolecular Hbond substituents is 1. The molecule has 0 bridgehead atoms. The van der Waals surface area contributed by atoms with Crippen molar-refractivity contribution in [2.45, 2.75) is 44.9 Å². The molecule has 1 amide bonds. The molecule has 9 heteroatoms. The normalized spacial score (nSPS) is 13.0. The molecule has 8 nitrogen and oxygen atoms in total. The highest BCUT2D eigenvalue weighted by molar-refractivity contribution is 9.10. The Bertz CT molecular complexity index is 938. The zero-order valence-electron chi connectivity index (χ0n) is 17.3. The Labute approximate surface area is 188 Å². The van der Waals surface area contributed by atoms with Gasteiger partial charge in [0, 0.05) is 16.5 Å². The van der Waals surface area contributed by atoms with Crippen LogP contribution in [0.5, 0.6) is 5.75 Å². The van der Waals surface area contributed by atoms with Gasteiger partial charge in [-0.3, -0.25) is 0 Å². The van der Waals surface area contributed by atoms with Crippen molar-refractivity contribution in [1.29, 1.82) is 0 Å². The van der Waals surface area contributed by atoms with Gasteiger partial charge in [0.25, 0.3) is 0 Å². The van der Waals surface area contributed by atoms with Crippen LogP contribution in [0.1, 0.15) is 38.0 Å². The van der Waals surface area contributed by atoms with E-state index in [1.165, 1.54) is 12.1 Å². The number of alkyl carbamates (subject to hydrolysis) is 1. The Morgan fingerprint density at radius 3 is 2.23 bits per heavy atom. The number of carboxylic acids is 1. The van der Waals surface area contributed by atoms with Crippen molar-refractivity contribution in [3.05, 3.63) is 64.1 Å². The fourth-order valence-corrected chi connectivity index (χ4v) is 3.13. The minimum absolute atomic E-state index is 0.0386. The van der Waals surface area contributed by atoms with Crippen molar-refractivity contribution in [2.75, 3.05) is 0 Å². The SMILES string of the molecule is CC(C)(C)OC(=O)C(OC(=O)N[C@@H](Cc1ccc(O)cc1)C(=O)O)c1ccccc1Br. The average Bonchev–Trinajstić information content (AvgIpc) is 2.66. The quantitative estimate of drug-likeness (QED) is 0.498. The summed E-state index contributed by atoms with van der Waals surface area (Å²) in [5.74, 6) is -2.03. The highest BCUT2D eigenvalue weighted by Crippen LogP contribution is 2.28. The van der Waals surface area contributed by atoms with Crippen molar-refractivity contribution in [3.8, 4) is 5.75 Å². The third kappa shape index (κ3) is 7.60. The van der Waals surface area contributed by atoms with Gasteiger partial charge in [-0.05, 0) is 44.5 Å². The number of nitrogens with one attached hydrogen (secondary N) is 1. The zero-order chi connectivity index (χ0) is 23.2. The van der Waals surface area contributed by atoms with Gasteiger partial charge in [-0.25, -0.2) is 14.4 Å². The van der Waals surface area contributed by atoms with Crippen LogP contribution in [-0.2, 0) is 25.5 Å². The molecule has 0 radical (unpaired) electrons. The fourth-order valence-electron chi connectivity index (χ4n) is 2.63. The van der Waals surface area contributed by atoms with Gasteiger partial charge in [0.1, 0.15) is 17.4 Å². The van der Waals surface area contributed by atoms with E-state index < -0.39 is 35.8 Å². The van der Waals surface area contributed by atoms with Gasteiger partial charge in [0.2, 0.25) is 6.10 Å². The Morgan fingerprint density at radius 1 is 1.06 bits per heavy atom. The van der Waals surface area contributed by atoms with Crippen LogP contribution >= 0.6 is 15.9 Å². The molecule has 0 aliphatic carbocycles. The van der Waals surface area contributed by atoms with Crippen molar-refractivity contribution in [1.82, 2.24) is 5.32 Å².